The third-order valence-electron chi connectivity index (χ3n) is 3.08. The van der Waals surface area contributed by atoms with Crippen molar-refractivity contribution in [2.75, 3.05) is 11.9 Å². The van der Waals surface area contributed by atoms with Crippen molar-refractivity contribution in [3.8, 4) is 0 Å². The van der Waals surface area contributed by atoms with E-state index in [9.17, 15) is 19.2 Å². The fraction of sp³-hybridized carbons (Fsp3) is 0.286. The number of esters is 1. The zero-order chi connectivity index (χ0) is 16.1. The van der Waals surface area contributed by atoms with E-state index in [0.29, 0.717) is 17.7 Å². The molecule has 1 aromatic carbocycles. The van der Waals surface area contributed by atoms with Crippen LogP contribution in [0.15, 0.2) is 24.3 Å². The van der Waals surface area contributed by atoms with Crippen LogP contribution < -0.4 is 16.4 Å². The molecule has 1 atom stereocenters. The minimum absolute atomic E-state index is 0.207. The Labute approximate surface area is 126 Å². The first kappa shape index (κ1) is 15.5. The smallest absolute Gasteiger partial charge is 0.329 e. The van der Waals surface area contributed by atoms with Gasteiger partial charge in [-0.3, -0.25) is 14.4 Å². The molecule has 3 amide bonds. The number of nitrogens with two attached hydrogens (primary N) is 1. The zero-order valence-electron chi connectivity index (χ0n) is 11.6. The van der Waals surface area contributed by atoms with Crippen molar-refractivity contribution in [2.24, 2.45) is 5.73 Å². The average molecular weight is 305 g/mol. The molecule has 1 saturated heterocycles. The predicted molar refractivity (Wildman–Crippen MR) is 75.7 cm³/mol. The van der Waals surface area contributed by atoms with E-state index in [2.05, 4.69) is 10.6 Å². The predicted octanol–water partition coefficient (Wildman–Crippen LogP) is -0.454. The minimum atomic E-state index is -0.685. The molecule has 8 heteroatoms. The summed E-state index contributed by atoms with van der Waals surface area (Å²) in [4.78, 5) is 45.1. The lowest BCUT2D eigenvalue weighted by Crippen LogP contribution is -2.36. The second-order valence-corrected chi connectivity index (χ2v) is 4.76. The Balaban J connectivity index is 1.79. The maximum absolute atomic E-state index is 11.6. The van der Waals surface area contributed by atoms with Gasteiger partial charge in [0.25, 0.3) is 5.91 Å². The number of anilines is 1. The highest BCUT2D eigenvalue weighted by atomic mass is 16.5. The molecule has 0 spiro atoms. The Morgan fingerprint density at radius 3 is 2.50 bits per heavy atom. The van der Waals surface area contributed by atoms with Crippen LogP contribution >= 0.6 is 0 Å². The third-order valence-corrected chi connectivity index (χ3v) is 3.08. The van der Waals surface area contributed by atoms with Crippen molar-refractivity contribution in [3.63, 3.8) is 0 Å². The number of ether oxygens (including phenoxy) is 1. The minimum Gasteiger partial charge on any atom is -0.454 e. The first-order valence-electron chi connectivity index (χ1n) is 6.61. The molecular formula is C14H15N3O5. The molecular weight excluding hydrogens is 290 g/mol. The van der Waals surface area contributed by atoms with Crippen molar-refractivity contribution < 1.29 is 23.9 Å². The third kappa shape index (κ3) is 4.05. The highest BCUT2D eigenvalue weighted by Gasteiger charge is 2.28. The van der Waals surface area contributed by atoms with E-state index < -0.39 is 30.4 Å². The number of rotatable bonds is 5. The van der Waals surface area contributed by atoms with Crippen molar-refractivity contribution in [2.45, 2.75) is 18.9 Å². The van der Waals surface area contributed by atoms with Crippen LogP contribution in [0, 0.1) is 0 Å². The first-order valence-corrected chi connectivity index (χ1v) is 6.61. The van der Waals surface area contributed by atoms with E-state index >= 15 is 0 Å². The van der Waals surface area contributed by atoms with Crippen LogP contribution in [0.5, 0.6) is 0 Å². The molecule has 1 heterocycles. The second kappa shape index (κ2) is 6.70. The Morgan fingerprint density at radius 1 is 1.27 bits per heavy atom. The summed E-state index contributed by atoms with van der Waals surface area (Å²) < 4.78 is 4.83. The van der Waals surface area contributed by atoms with Gasteiger partial charge in [0.1, 0.15) is 6.04 Å². The van der Waals surface area contributed by atoms with E-state index in [0.717, 1.165) is 0 Å². The maximum atomic E-state index is 11.6. The molecule has 4 N–H and O–H groups in total. The van der Waals surface area contributed by atoms with Crippen molar-refractivity contribution >= 4 is 29.4 Å². The Morgan fingerprint density at radius 2 is 1.95 bits per heavy atom. The van der Waals surface area contributed by atoms with Crippen LogP contribution in [0.2, 0.25) is 0 Å². The monoisotopic (exact) mass is 305 g/mol. The van der Waals surface area contributed by atoms with Crippen molar-refractivity contribution in [1.29, 1.82) is 0 Å². The van der Waals surface area contributed by atoms with Crippen molar-refractivity contribution in [3.05, 3.63) is 29.8 Å². The van der Waals surface area contributed by atoms with Crippen LogP contribution in [0.4, 0.5) is 5.69 Å². The van der Waals surface area contributed by atoms with Gasteiger partial charge in [-0.25, -0.2) is 4.79 Å². The summed E-state index contributed by atoms with van der Waals surface area (Å²) >= 11 is 0. The molecule has 1 aromatic rings. The average Bonchev–Trinajstić information content (AvgIpc) is 2.92. The number of carbonyl (C=O) groups is 4. The number of nitrogens with one attached hydrogen (secondary N) is 2. The summed E-state index contributed by atoms with van der Waals surface area (Å²) in [6.45, 7) is -0.456. The fourth-order valence-electron chi connectivity index (χ4n) is 1.94. The summed E-state index contributed by atoms with van der Waals surface area (Å²) in [5, 5.41) is 4.96. The summed E-state index contributed by atoms with van der Waals surface area (Å²) in [7, 11) is 0. The second-order valence-electron chi connectivity index (χ2n) is 4.76. The van der Waals surface area contributed by atoms with E-state index in [1.54, 1.807) is 0 Å². The summed E-state index contributed by atoms with van der Waals surface area (Å²) in [5.41, 5.74) is 5.87. The lowest BCUT2D eigenvalue weighted by atomic mass is 10.2. The van der Waals surface area contributed by atoms with Gasteiger partial charge in [0.2, 0.25) is 11.8 Å². The summed E-state index contributed by atoms with van der Waals surface area (Å²) in [5.74, 6) is -1.93. The van der Waals surface area contributed by atoms with Crippen molar-refractivity contribution in [1.82, 2.24) is 5.32 Å². The van der Waals surface area contributed by atoms with Gasteiger partial charge in [-0.1, -0.05) is 0 Å². The topological polar surface area (TPSA) is 128 Å². The quantitative estimate of drug-likeness (QED) is 0.635. The molecule has 1 fully saturated rings. The summed E-state index contributed by atoms with van der Waals surface area (Å²) in [6, 6.07) is 5.28. The Kier molecular flexibility index (Phi) is 4.72. The van der Waals surface area contributed by atoms with E-state index in [4.69, 9.17) is 10.5 Å². The molecule has 8 nitrogen and oxygen atoms in total. The van der Waals surface area contributed by atoms with Crippen LogP contribution in [0.25, 0.3) is 0 Å². The molecule has 2 rings (SSSR count). The van der Waals surface area contributed by atoms with Crippen LogP contribution in [-0.4, -0.2) is 36.3 Å². The van der Waals surface area contributed by atoms with Gasteiger partial charge >= 0.3 is 5.97 Å². The SMILES string of the molecule is NC(=O)c1ccc(NC(=O)COC(=O)C2CCC(=O)N2)cc1. The van der Waals surface area contributed by atoms with Gasteiger partial charge in [0, 0.05) is 17.7 Å². The standard InChI is InChI=1S/C14H15N3O5/c15-13(20)8-1-3-9(4-2-8)16-12(19)7-22-14(21)10-5-6-11(18)17-10/h1-4,10H,5-7H2,(H2,15,20)(H,16,19)(H,17,18). The van der Waals surface area contributed by atoms with E-state index in [1.165, 1.54) is 24.3 Å². The number of primary amides is 1. The molecule has 0 bridgehead atoms. The molecule has 0 aromatic heterocycles. The fourth-order valence-corrected chi connectivity index (χ4v) is 1.94. The lowest BCUT2D eigenvalue weighted by Gasteiger charge is -2.10. The summed E-state index contributed by atoms with van der Waals surface area (Å²) in [6.07, 6.45) is 0.645. The molecule has 0 aliphatic carbocycles. The number of hydrogen-bond acceptors (Lipinski definition) is 5. The van der Waals surface area contributed by atoms with Crippen LogP contribution in [0.1, 0.15) is 23.2 Å². The van der Waals surface area contributed by atoms with E-state index in [1.807, 2.05) is 0 Å². The lowest BCUT2D eigenvalue weighted by molar-refractivity contribution is -0.149. The maximum Gasteiger partial charge on any atom is 0.329 e. The molecule has 1 unspecified atom stereocenters. The highest BCUT2D eigenvalue weighted by molar-refractivity contribution is 5.96. The molecule has 0 saturated carbocycles. The Hall–Kier alpha value is -2.90. The molecule has 0 radical (unpaired) electrons. The molecule has 1 aliphatic heterocycles. The van der Waals surface area contributed by atoms with Crippen LogP contribution in [0.3, 0.4) is 0 Å². The molecule has 1 aliphatic rings. The van der Waals surface area contributed by atoms with Gasteiger partial charge in [-0.05, 0) is 30.7 Å². The van der Waals surface area contributed by atoms with Gasteiger partial charge in [0.05, 0.1) is 0 Å². The van der Waals surface area contributed by atoms with E-state index in [-0.39, 0.29) is 12.3 Å². The normalized spacial score (nSPS) is 16.7. The Bertz CT molecular complexity index is 611. The molecule has 22 heavy (non-hydrogen) atoms. The number of hydrogen-bond donors (Lipinski definition) is 3. The number of amides is 3. The van der Waals surface area contributed by atoms with Gasteiger partial charge in [-0.2, -0.15) is 0 Å². The first-order chi connectivity index (χ1) is 10.5. The van der Waals surface area contributed by atoms with Gasteiger partial charge < -0.3 is 21.1 Å². The zero-order valence-corrected chi connectivity index (χ0v) is 11.6. The molecule has 116 valence electrons. The highest BCUT2D eigenvalue weighted by Crippen LogP contribution is 2.10. The number of benzene rings is 1. The van der Waals surface area contributed by atoms with Gasteiger partial charge in [-0.15, -0.1) is 0 Å². The largest absolute Gasteiger partial charge is 0.454 e. The van der Waals surface area contributed by atoms with Gasteiger partial charge in [0.15, 0.2) is 6.61 Å². The van der Waals surface area contributed by atoms with Crippen LogP contribution in [-0.2, 0) is 19.1 Å². The number of carbonyl (C=O) groups excluding carboxylic acids is 4.